The summed E-state index contributed by atoms with van der Waals surface area (Å²) in [7, 11) is 0. The number of nitriles is 1. The summed E-state index contributed by atoms with van der Waals surface area (Å²) < 4.78 is 6.03. The van der Waals surface area contributed by atoms with Gasteiger partial charge in [0.1, 0.15) is 17.5 Å². The molecule has 4 heteroatoms. The smallest absolute Gasteiger partial charge is 0.128 e. The van der Waals surface area contributed by atoms with Crippen molar-refractivity contribution in [3.8, 4) is 6.07 Å². The maximum atomic E-state index is 8.85. The second kappa shape index (κ2) is 5.55. The van der Waals surface area contributed by atoms with E-state index in [9.17, 15) is 0 Å². The van der Waals surface area contributed by atoms with Crippen molar-refractivity contribution in [1.29, 1.82) is 5.26 Å². The monoisotopic (exact) mass is 279 g/mol. The van der Waals surface area contributed by atoms with Crippen molar-refractivity contribution in [2.45, 2.75) is 12.5 Å². The van der Waals surface area contributed by atoms with E-state index in [1.165, 1.54) is 5.56 Å². The standard InChI is InChI=1S/C17H17N3O/c1-17(15-5-3-2-4-6-15)13-20(9-10-21-17)16-8-7-14(11-18)12-19-16/h2-8,12H,9-10,13H2,1H3. The number of hydrogen-bond donors (Lipinski definition) is 0. The zero-order valence-electron chi connectivity index (χ0n) is 12.0. The molecule has 2 aromatic rings. The Morgan fingerprint density at radius 2 is 2.05 bits per heavy atom. The molecule has 3 rings (SSSR count). The normalized spacial score (nSPS) is 21.8. The summed E-state index contributed by atoms with van der Waals surface area (Å²) in [5, 5.41) is 8.85. The Kier molecular flexibility index (Phi) is 3.59. The molecule has 106 valence electrons. The Bertz CT molecular complexity index is 648. The fraction of sp³-hybridized carbons (Fsp3) is 0.294. The lowest BCUT2D eigenvalue weighted by molar-refractivity contribution is -0.0468. The van der Waals surface area contributed by atoms with E-state index in [-0.39, 0.29) is 5.60 Å². The Balaban J connectivity index is 1.84. The highest BCUT2D eigenvalue weighted by molar-refractivity contribution is 5.43. The third-order valence-corrected chi connectivity index (χ3v) is 3.86. The van der Waals surface area contributed by atoms with Crippen molar-refractivity contribution >= 4 is 5.82 Å². The topological polar surface area (TPSA) is 49.2 Å². The number of ether oxygens (including phenoxy) is 1. The molecule has 1 aromatic heterocycles. The number of hydrogen-bond acceptors (Lipinski definition) is 4. The van der Waals surface area contributed by atoms with Crippen LogP contribution in [0.15, 0.2) is 48.7 Å². The maximum absolute atomic E-state index is 8.85. The molecule has 1 aromatic carbocycles. The van der Waals surface area contributed by atoms with Gasteiger partial charge in [-0.1, -0.05) is 30.3 Å². The third-order valence-electron chi connectivity index (χ3n) is 3.86. The van der Waals surface area contributed by atoms with E-state index >= 15 is 0 Å². The molecule has 0 spiro atoms. The summed E-state index contributed by atoms with van der Waals surface area (Å²) in [4.78, 5) is 6.59. The Morgan fingerprint density at radius 3 is 2.71 bits per heavy atom. The summed E-state index contributed by atoms with van der Waals surface area (Å²) in [6, 6.07) is 16.1. The van der Waals surface area contributed by atoms with Crippen molar-refractivity contribution in [3.05, 3.63) is 59.8 Å². The molecule has 1 aliphatic rings. The van der Waals surface area contributed by atoms with E-state index < -0.39 is 0 Å². The molecule has 2 heterocycles. The number of morpholine rings is 1. The minimum atomic E-state index is -0.338. The number of nitrogens with zero attached hydrogens (tertiary/aromatic N) is 3. The molecule has 0 amide bonds. The molecule has 21 heavy (non-hydrogen) atoms. The number of aromatic nitrogens is 1. The van der Waals surface area contributed by atoms with E-state index in [1.807, 2.05) is 24.3 Å². The van der Waals surface area contributed by atoms with Crippen molar-refractivity contribution in [1.82, 2.24) is 4.98 Å². The van der Waals surface area contributed by atoms with E-state index in [0.29, 0.717) is 12.2 Å². The van der Waals surface area contributed by atoms with Gasteiger partial charge in [0.25, 0.3) is 0 Å². The van der Waals surface area contributed by atoms with Crippen LogP contribution in [0.2, 0.25) is 0 Å². The van der Waals surface area contributed by atoms with Crippen LogP contribution in [0, 0.1) is 11.3 Å². The Morgan fingerprint density at radius 1 is 1.24 bits per heavy atom. The van der Waals surface area contributed by atoms with Crippen LogP contribution in [0.5, 0.6) is 0 Å². The van der Waals surface area contributed by atoms with Gasteiger partial charge in [0, 0.05) is 12.7 Å². The zero-order valence-corrected chi connectivity index (χ0v) is 12.0. The van der Waals surface area contributed by atoms with Gasteiger partial charge < -0.3 is 9.64 Å². The highest BCUT2D eigenvalue weighted by Gasteiger charge is 2.34. The summed E-state index contributed by atoms with van der Waals surface area (Å²) in [5.74, 6) is 0.888. The summed E-state index contributed by atoms with van der Waals surface area (Å²) >= 11 is 0. The van der Waals surface area contributed by atoms with Gasteiger partial charge >= 0.3 is 0 Å². The number of anilines is 1. The van der Waals surface area contributed by atoms with Gasteiger partial charge in [0.05, 0.1) is 18.7 Å². The molecule has 1 unspecified atom stereocenters. The zero-order chi connectivity index (χ0) is 14.7. The molecule has 0 radical (unpaired) electrons. The van der Waals surface area contributed by atoms with Gasteiger partial charge in [-0.3, -0.25) is 0 Å². The van der Waals surface area contributed by atoms with Gasteiger partial charge in [-0.2, -0.15) is 5.26 Å². The van der Waals surface area contributed by atoms with Gasteiger partial charge in [-0.05, 0) is 24.6 Å². The average molecular weight is 279 g/mol. The molecular weight excluding hydrogens is 262 g/mol. The molecule has 0 N–H and O–H groups in total. The van der Waals surface area contributed by atoms with Crippen LogP contribution in [0.25, 0.3) is 0 Å². The number of rotatable bonds is 2. The van der Waals surface area contributed by atoms with Gasteiger partial charge in [0.15, 0.2) is 0 Å². The van der Waals surface area contributed by atoms with E-state index in [4.69, 9.17) is 10.00 Å². The Hall–Kier alpha value is -2.38. The molecule has 4 nitrogen and oxygen atoms in total. The molecule has 0 aliphatic carbocycles. The second-order valence-corrected chi connectivity index (χ2v) is 5.38. The highest BCUT2D eigenvalue weighted by atomic mass is 16.5. The van der Waals surface area contributed by atoms with Gasteiger partial charge in [-0.25, -0.2) is 4.98 Å². The lowest BCUT2D eigenvalue weighted by Crippen LogP contribution is -2.48. The van der Waals surface area contributed by atoms with Crippen LogP contribution in [-0.4, -0.2) is 24.7 Å². The first-order valence-corrected chi connectivity index (χ1v) is 7.02. The van der Waals surface area contributed by atoms with E-state index in [1.54, 1.807) is 12.3 Å². The van der Waals surface area contributed by atoms with Crippen LogP contribution in [-0.2, 0) is 10.3 Å². The fourth-order valence-corrected chi connectivity index (χ4v) is 2.67. The minimum Gasteiger partial charge on any atom is -0.367 e. The quantitative estimate of drug-likeness (QED) is 0.848. The molecule has 0 bridgehead atoms. The van der Waals surface area contributed by atoms with Crippen molar-refractivity contribution < 1.29 is 4.74 Å². The highest BCUT2D eigenvalue weighted by Crippen LogP contribution is 2.31. The van der Waals surface area contributed by atoms with Crippen LogP contribution < -0.4 is 4.90 Å². The number of benzene rings is 1. The summed E-state index contributed by atoms with van der Waals surface area (Å²) in [6.07, 6.45) is 1.62. The second-order valence-electron chi connectivity index (χ2n) is 5.38. The van der Waals surface area contributed by atoms with Gasteiger partial charge in [0.2, 0.25) is 0 Å². The van der Waals surface area contributed by atoms with E-state index in [2.05, 4.69) is 35.0 Å². The molecule has 1 fully saturated rings. The van der Waals surface area contributed by atoms with Crippen LogP contribution >= 0.6 is 0 Å². The van der Waals surface area contributed by atoms with Crippen molar-refractivity contribution in [3.63, 3.8) is 0 Å². The molecule has 0 saturated carbocycles. The SMILES string of the molecule is CC1(c2ccccc2)CN(c2ccc(C#N)cn2)CCO1. The average Bonchev–Trinajstić information content (AvgIpc) is 2.56. The lowest BCUT2D eigenvalue weighted by atomic mass is 9.94. The summed E-state index contributed by atoms with van der Waals surface area (Å²) in [5.41, 5.74) is 1.41. The predicted molar refractivity (Wildman–Crippen MR) is 80.9 cm³/mol. The molecular formula is C17H17N3O. The molecule has 1 saturated heterocycles. The first-order chi connectivity index (χ1) is 10.2. The lowest BCUT2D eigenvalue weighted by Gasteiger charge is -2.41. The van der Waals surface area contributed by atoms with Crippen LogP contribution in [0.3, 0.4) is 0 Å². The predicted octanol–water partition coefficient (Wildman–Crippen LogP) is 2.71. The van der Waals surface area contributed by atoms with Crippen LogP contribution in [0.4, 0.5) is 5.82 Å². The van der Waals surface area contributed by atoms with Gasteiger partial charge in [-0.15, -0.1) is 0 Å². The molecule has 1 atom stereocenters. The van der Waals surface area contributed by atoms with Crippen molar-refractivity contribution in [2.75, 3.05) is 24.6 Å². The largest absolute Gasteiger partial charge is 0.367 e. The molecule has 1 aliphatic heterocycles. The van der Waals surface area contributed by atoms with E-state index in [0.717, 1.165) is 18.9 Å². The Labute approximate surface area is 124 Å². The number of pyridine rings is 1. The van der Waals surface area contributed by atoms with Crippen molar-refractivity contribution in [2.24, 2.45) is 0 Å². The minimum absolute atomic E-state index is 0.338. The first-order valence-electron chi connectivity index (χ1n) is 7.02. The first kappa shape index (κ1) is 13.6. The summed E-state index contributed by atoms with van der Waals surface area (Å²) in [6.45, 7) is 4.32. The maximum Gasteiger partial charge on any atom is 0.128 e. The van der Waals surface area contributed by atoms with Crippen LogP contribution in [0.1, 0.15) is 18.1 Å². The third kappa shape index (κ3) is 2.74. The fourth-order valence-electron chi connectivity index (χ4n) is 2.67.